The van der Waals surface area contributed by atoms with Crippen LogP contribution in [0.1, 0.15) is 35.2 Å². The van der Waals surface area contributed by atoms with E-state index in [4.69, 9.17) is 14.2 Å². The summed E-state index contributed by atoms with van der Waals surface area (Å²) in [7, 11) is 1.60. The van der Waals surface area contributed by atoms with Crippen molar-refractivity contribution in [3.63, 3.8) is 0 Å². The molecule has 2 aliphatic rings. The predicted octanol–water partition coefficient (Wildman–Crippen LogP) is 2.37. The molecule has 120 valence electrons. The zero-order valence-corrected chi connectivity index (χ0v) is 13.2. The third-order valence-electron chi connectivity index (χ3n) is 4.36. The highest BCUT2D eigenvalue weighted by Gasteiger charge is 2.37. The minimum absolute atomic E-state index is 0.00403. The Morgan fingerprint density at radius 1 is 1.27 bits per heavy atom. The summed E-state index contributed by atoms with van der Waals surface area (Å²) in [5.74, 6) is 0.623. The molecular formula is C17H23NO4. The number of benzene rings is 1. The van der Waals surface area contributed by atoms with Crippen molar-refractivity contribution < 1.29 is 19.0 Å². The summed E-state index contributed by atoms with van der Waals surface area (Å²) in [5.41, 5.74) is 1.67. The molecule has 2 fully saturated rings. The fourth-order valence-corrected chi connectivity index (χ4v) is 3.23. The van der Waals surface area contributed by atoms with E-state index in [0.717, 1.165) is 31.4 Å². The number of amides is 1. The van der Waals surface area contributed by atoms with Crippen LogP contribution in [-0.2, 0) is 9.47 Å². The van der Waals surface area contributed by atoms with Crippen LogP contribution in [-0.4, -0.2) is 50.0 Å². The molecule has 3 rings (SSSR count). The lowest BCUT2D eigenvalue weighted by molar-refractivity contribution is -0.100. The number of hydrogen-bond donors (Lipinski definition) is 0. The standard InChI is InChI=1S/C17H23NO4/c1-12-6-7-15(20-2)13(11-12)16(19)18-8-4-3-5-14(18)17-21-9-10-22-17/h6-7,11,14,17H,3-5,8-10H2,1-2H3. The van der Waals surface area contributed by atoms with Gasteiger partial charge < -0.3 is 19.1 Å². The van der Waals surface area contributed by atoms with Crippen molar-refractivity contribution in [2.24, 2.45) is 0 Å². The van der Waals surface area contributed by atoms with Gasteiger partial charge in [-0.25, -0.2) is 0 Å². The van der Waals surface area contributed by atoms with E-state index in [0.29, 0.717) is 24.5 Å². The van der Waals surface area contributed by atoms with Gasteiger partial charge in [0.05, 0.1) is 31.9 Å². The van der Waals surface area contributed by atoms with Crippen molar-refractivity contribution in [3.05, 3.63) is 29.3 Å². The number of rotatable bonds is 3. The first-order valence-electron chi connectivity index (χ1n) is 7.89. The first-order chi connectivity index (χ1) is 10.7. The van der Waals surface area contributed by atoms with Gasteiger partial charge in [-0.15, -0.1) is 0 Å². The SMILES string of the molecule is COc1ccc(C)cc1C(=O)N1CCCCC1C1OCCO1. The summed E-state index contributed by atoms with van der Waals surface area (Å²) in [4.78, 5) is 14.9. The monoisotopic (exact) mass is 305 g/mol. The molecule has 1 aromatic rings. The summed E-state index contributed by atoms with van der Waals surface area (Å²) in [6.07, 6.45) is 2.75. The number of methoxy groups -OCH3 is 1. The molecule has 5 nitrogen and oxygen atoms in total. The maximum atomic E-state index is 13.0. The van der Waals surface area contributed by atoms with Crippen molar-refractivity contribution in [1.82, 2.24) is 4.90 Å². The molecule has 0 radical (unpaired) electrons. The summed E-state index contributed by atoms with van der Waals surface area (Å²) in [5, 5.41) is 0. The average Bonchev–Trinajstić information content (AvgIpc) is 3.08. The van der Waals surface area contributed by atoms with Crippen molar-refractivity contribution in [1.29, 1.82) is 0 Å². The Hall–Kier alpha value is -1.59. The van der Waals surface area contributed by atoms with Gasteiger partial charge >= 0.3 is 0 Å². The molecule has 0 bridgehead atoms. The van der Waals surface area contributed by atoms with Crippen molar-refractivity contribution in [2.75, 3.05) is 26.9 Å². The fraction of sp³-hybridized carbons (Fsp3) is 0.588. The van der Waals surface area contributed by atoms with Gasteiger partial charge in [0.1, 0.15) is 5.75 Å². The quantitative estimate of drug-likeness (QED) is 0.860. The molecule has 22 heavy (non-hydrogen) atoms. The highest BCUT2D eigenvalue weighted by Crippen LogP contribution is 2.29. The Morgan fingerprint density at radius 3 is 2.77 bits per heavy atom. The van der Waals surface area contributed by atoms with E-state index in [1.54, 1.807) is 7.11 Å². The summed E-state index contributed by atoms with van der Waals surface area (Å²) < 4.78 is 16.6. The molecule has 0 spiro atoms. The molecule has 0 aromatic heterocycles. The maximum absolute atomic E-state index is 13.0. The van der Waals surface area contributed by atoms with Crippen LogP contribution in [0.5, 0.6) is 5.75 Å². The Bertz CT molecular complexity index is 539. The van der Waals surface area contributed by atoms with Crippen LogP contribution in [0.25, 0.3) is 0 Å². The van der Waals surface area contributed by atoms with Crippen molar-refractivity contribution in [2.45, 2.75) is 38.5 Å². The number of hydrogen-bond acceptors (Lipinski definition) is 4. The number of nitrogens with zero attached hydrogens (tertiary/aromatic N) is 1. The Labute approximate surface area is 131 Å². The Kier molecular flexibility index (Phi) is 4.64. The van der Waals surface area contributed by atoms with E-state index >= 15 is 0 Å². The zero-order chi connectivity index (χ0) is 15.5. The molecule has 0 N–H and O–H groups in total. The molecule has 1 aromatic carbocycles. The van der Waals surface area contributed by atoms with E-state index in [1.165, 1.54) is 0 Å². The van der Waals surface area contributed by atoms with Crippen molar-refractivity contribution >= 4 is 5.91 Å². The number of piperidine rings is 1. The first-order valence-corrected chi connectivity index (χ1v) is 7.89. The number of likely N-dealkylation sites (tertiary alicyclic amines) is 1. The van der Waals surface area contributed by atoms with E-state index in [-0.39, 0.29) is 18.2 Å². The number of carbonyl (C=O) groups is 1. The van der Waals surface area contributed by atoms with Gasteiger partial charge in [-0.3, -0.25) is 4.79 Å². The van der Waals surface area contributed by atoms with Gasteiger partial charge in [0.25, 0.3) is 5.91 Å². The van der Waals surface area contributed by atoms with Gasteiger partial charge in [-0.2, -0.15) is 0 Å². The smallest absolute Gasteiger partial charge is 0.258 e. The molecule has 2 aliphatic heterocycles. The van der Waals surface area contributed by atoms with E-state index in [1.807, 2.05) is 30.0 Å². The van der Waals surface area contributed by atoms with Gasteiger partial charge in [0.15, 0.2) is 6.29 Å². The third-order valence-corrected chi connectivity index (χ3v) is 4.36. The highest BCUT2D eigenvalue weighted by molar-refractivity contribution is 5.97. The lowest BCUT2D eigenvalue weighted by atomic mass is 9.99. The molecule has 5 heteroatoms. The second-order valence-corrected chi connectivity index (χ2v) is 5.88. The second-order valence-electron chi connectivity index (χ2n) is 5.88. The number of carbonyl (C=O) groups excluding carboxylic acids is 1. The molecular weight excluding hydrogens is 282 g/mol. The zero-order valence-electron chi connectivity index (χ0n) is 13.2. The molecule has 1 unspecified atom stereocenters. The van der Waals surface area contributed by atoms with Crippen molar-refractivity contribution in [3.8, 4) is 5.75 Å². The maximum Gasteiger partial charge on any atom is 0.258 e. The van der Waals surface area contributed by atoms with Crippen LogP contribution in [0.2, 0.25) is 0 Å². The normalized spacial score (nSPS) is 22.8. The number of aryl methyl sites for hydroxylation is 1. The summed E-state index contributed by atoms with van der Waals surface area (Å²) in [6.45, 7) is 3.94. The average molecular weight is 305 g/mol. The lowest BCUT2D eigenvalue weighted by Gasteiger charge is -2.38. The van der Waals surface area contributed by atoms with Crippen LogP contribution in [0.4, 0.5) is 0 Å². The van der Waals surface area contributed by atoms with E-state index < -0.39 is 0 Å². The molecule has 1 atom stereocenters. The van der Waals surface area contributed by atoms with Gasteiger partial charge in [0.2, 0.25) is 0 Å². The highest BCUT2D eigenvalue weighted by atomic mass is 16.7. The van der Waals surface area contributed by atoms with Gasteiger partial charge in [-0.1, -0.05) is 11.6 Å². The van der Waals surface area contributed by atoms with Gasteiger partial charge in [0, 0.05) is 6.54 Å². The first kappa shape index (κ1) is 15.3. The molecule has 2 heterocycles. The molecule has 0 aliphatic carbocycles. The molecule has 1 amide bonds. The summed E-state index contributed by atoms with van der Waals surface area (Å²) in [6, 6.07) is 5.69. The van der Waals surface area contributed by atoms with Crippen LogP contribution in [0.3, 0.4) is 0 Å². The largest absolute Gasteiger partial charge is 0.496 e. The Balaban J connectivity index is 1.87. The molecule has 0 saturated carbocycles. The van der Waals surface area contributed by atoms with E-state index in [2.05, 4.69) is 0 Å². The topological polar surface area (TPSA) is 48.0 Å². The predicted molar refractivity (Wildman–Crippen MR) is 82.1 cm³/mol. The molecule has 2 saturated heterocycles. The van der Waals surface area contributed by atoms with Gasteiger partial charge in [-0.05, 0) is 38.3 Å². The Morgan fingerprint density at radius 2 is 2.05 bits per heavy atom. The second kappa shape index (κ2) is 6.67. The van der Waals surface area contributed by atoms with Crippen LogP contribution < -0.4 is 4.74 Å². The minimum atomic E-state index is -0.292. The third kappa shape index (κ3) is 2.96. The van der Waals surface area contributed by atoms with Crippen LogP contribution >= 0.6 is 0 Å². The van der Waals surface area contributed by atoms with Crippen LogP contribution in [0.15, 0.2) is 18.2 Å². The fourth-order valence-electron chi connectivity index (χ4n) is 3.23. The summed E-state index contributed by atoms with van der Waals surface area (Å²) >= 11 is 0. The number of ether oxygens (including phenoxy) is 3. The van der Waals surface area contributed by atoms with E-state index in [9.17, 15) is 4.79 Å². The van der Waals surface area contributed by atoms with Crippen LogP contribution in [0, 0.1) is 6.92 Å². The lowest BCUT2D eigenvalue weighted by Crippen LogP contribution is -2.50. The minimum Gasteiger partial charge on any atom is -0.496 e.